The summed E-state index contributed by atoms with van der Waals surface area (Å²) >= 11 is 0. The van der Waals surface area contributed by atoms with Crippen molar-refractivity contribution in [3.63, 3.8) is 0 Å². The van der Waals surface area contributed by atoms with Gasteiger partial charge in [0.2, 0.25) is 11.7 Å². The van der Waals surface area contributed by atoms with E-state index in [1.54, 1.807) is 0 Å². The van der Waals surface area contributed by atoms with Crippen molar-refractivity contribution in [1.29, 1.82) is 0 Å². The fourth-order valence-electron chi connectivity index (χ4n) is 3.47. The van der Waals surface area contributed by atoms with Gasteiger partial charge in [-0.2, -0.15) is 4.98 Å². The second-order valence-corrected chi connectivity index (χ2v) is 6.47. The monoisotopic (exact) mass is 294 g/mol. The molecule has 3 atom stereocenters. The van der Waals surface area contributed by atoms with E-state index < -0.39 is 0 Å². The Bertz CT molecular complexity index is 462. The molecule has 1 saturated heterocycles. The van der Waals surface area contributed by atoms with Gasteiger partial charge in [-0.25, -0.2) is 0 Å². The lowest BCUT2D eigenvalue weighted by Crippen LogP contribution is -2.42. The largest absolute Gasteiger partial charge is 0.367 e. The second-order valence-electron chi connectivity index (χ2n) is 6.47. The summed E-state index contributed by atoms with van der Waals surface area (Å²) in [4.78, 5) is 7.01. The first-order valence-corrected chi connectivity index (χ1v) is 8.08. The van der Waals surface area contributed by atoms with Gasteiger partial charge in [-0.05, 0) is 39.2 Å². The molecule has 6 heteroatoms. The Balaban J connectivity index is 1.69. The van der Waals surface area contributed by atoms with Gasteiger partial charge in [0, 0.05) is 25.0 Å². The van der Waals surface area contributed by atoms with Crippen LogP contribution >= 0.6 is 0 Å². The smallest absolute Gasteiger partial charge is 0.230 e. The zero-order valence-electron chi connectivity index (χ0n) is 13.0. The van der Waals surface area contributed by atoms with E-state index in [0.29, 0.717) is 30.2 Å². The van der Waals surface area contributed by atoms with Crippen LogP contribution in [0, 0.1) is 5.92 Å². The highest BCUT2D eigenvalue weighted by Crippen LogP contribution is 2.38. The van der Waals surface area contributed by atoms with Gasteiger partial charge in [0.15, 0.2) is 0 Å². The van der Waals surface area contributed by atoms with Gasteiger partial charge in [0.1, 0.15) is 6.10 Å². The van der Waals surface area contributed by atoms with Crippen molar-refractivity contribution in [3.8, 4) is 0 Å². The average molecular weight is 294 g/mol. The molecule has 1 aromatic rings. The SMILES string of the molecule is CC(C)N1CCOC(c2noc(C3CCCC3CN)n2)C1. The summed E-state index contributed by atoms with van der Waals surface area (Å²) in [6, 6.07) is 0.513. The molecular formula is C15H26N4O2. The van der Waals surface area contributed by atoms with Crippen LogP contribution in [0.3, 0.4) is 0 Å². The van der Waals surface area contributed by atoms with Crippen molar-refractivity contribution in [2.24, 2.45) is 11.7 Å². The lowest BCUT2D eigenvalue weighted by Gasteiger charge is -2.34. The van der Waals surface area contributed by atoms with Crippen molar-refractivity contribution >= 4 is 0 Å². The van der Waals surface area contributed by atoms with Crippen molar-refractivity contribution in [1.82, 2.24) is 15.0 Å². The van der Waals surface area contributed by atoms with E-state index in [2.05, 4.69) is 28.9 Å². The topological polar surface area (TPSA) is 77.4 Å². The van der Waals surface area contributed by atoms with Gasteiger partial charge in [-0.3, -0.25) is 4.90 Å². The van der Waals surface area contributed by atoms with Crippen LogP contribution in [0.5, 0.6) is 0 Å². The summed E-state index contributed by atoms with van der Waals surface area (Å²) in [5.74, 6) is 2.26. The molecule has 2 N–H and O–H groups in total. The predicted molar refractivity (Wildman–Crippen MR) is 78.8 cm³/mol. The molecule has 1 aliphatic carbocycles. The van der Waals surface area contributed by atoms with E-state index in [9.17, 15) is 0 Å². The molecule has 118 valence electrons. The molecule has 1 saturated carbocycles. The maximum atomic E-state index is 5.84. The number of ether oxygens (including phenoxy) is 1. The van der Waals surface area contributed by atoms with E-state index in [4.69, 9.17) is 15.0 Å². The van der Waals surface area contributed by atoms with E-state index in [0.717, 1.165) is 32.0 Å². The molecule has 2 aliphatic rings. The number of hydrogen-bond donors (Lipinski definition) is 1. The van der Waals surface area contributed by atoms with Crippen LogP contribution in [0.1, 0.15) is 56.8 Å². The molecule has 3 unspecified atom stereocenters. The van der Waals surface area contributed by atoms with Crippen LogP contribution < -0.4 is 5.73 Å². The number of morpholine rings is 1. The highest BCUT2D eigenvalue weighted by atomic mass is 16.5. The minimum Gasteiger partial charge on any atom is -0.367 e. The molecule has 0 spiro atoms. The Kier molecular flexibility index (Phi) is 4.57. The molecule has 2 heterocycles. The third-order valence-corrected chi connectivity index (χ3v) is 4.85. The normalized spacial score (nSPS) is 31.1. The molecule has 2 fully saturated rings. The maximum Gasteiger partial charge on any atom is 0.230 e. The summed E-state index contributed by atoms with van der Waals surface area (Å²) in [6.07, 6.45) is 3.40. The molecule has 1 aromatic heterocycles. The summed E-state index contributed by atoms with van der Waals surface area (Å²) in [5, 5.41) is 4.17. The highest BCUT2D eigenvalue weighted by Gasteiger charge is 2.34. The highest BCUT2D eigenvalue weighted by molar-refractivity contribution is 5.02. The molecule has 0 amide bonds. The standard InChI is InChI=1S/C15H26N4O2/c1-10(2)19-6-7-20-13(9-19)14-17-15(21-18-14)12-5-3-4-11(12)8-16/h10-13H,3-9,16H2,1-2H3. The summed E-state index contributed by atoms with van der Waals surface area (Å²) in [6.45, 7) is 7.63. The van der Waals surface area contributed by atoms with E-state index in [1.807, 2.05) is 0 Å². The molecule has 1 aliphatic heterocycles. The van der Waals surface area contributed by atoms with Gasteiger partial charge in [0.25, 0.3) is 0 Å². The number of nitrogens with zero attached hydrogens (tertiary/aromatic N) is 3. The van der Waals surface area contributed by atoms with Crippen LogP contribution in [0.15, 0.2) is 4.52 Å². The minimum atomic E-state index is -0.0728. The molecule has 0 bridgehead atoms. The Morgan fingerprint density at radius 3 is 3.00 bits per heavy atom. The predicted octanol–water partition coefficient (Wildman–Crippen LogP) is 1.69. The quantitative estimate of drug-likeness (QED) is 0.910. The van der Waals surface area contributed by atoms with Crippen LogP contribution in [0.25, 0.3) is 0 Å². The molecule has 0 aromatic carbocycles. The Hall–Kier alpha value is -0.980. The minimum absolute atomic E-state index is 0.0728. The van der Waals surface area contributed by atoms with Crippen molar-refractivity contribution in [3.05, 3.63) is 11.7 Å². The van der Waals surface area contributed by atoms with Crippen LogP contribution in [-0.4, -0.2) is 47.3 Å². The summed E-state index contributed by atoms with van der Waals surface area (Å²) < 4.78 is 11.3. The number of nitrogens with two attached hydrogens (primary N) is 1. The Morgan fingerprint density at radius 2 is 2.24 bits per heavy atom. The third kappa shape index (κ3) is 3.12. The molecule has 21 heavy (non-hydrogen) atoms. The first kappa shape index (κ1) is 14.9. The lowest BCUT2D eigenvalue weighted by atomic mass is 9.96. The Morgan fingerprint density at radius 1 is 1.38 bits per heavy atom. The zero-order chi connectivity index (χ0) is 14.8. The van der Waals surface area contributed by atoms with Gasteiger partial charge in [-0.15, -0.1) is 0 Å². The zero-order valence-corrected chi connectivity index (χ0v) is 13.0. The number of rotatable bonds is 4. The molecule has 6 nitrogen and oxygen atoms in total. The molecule has 3 rings (SSSR count). The summed E-state index contributed by atoms with van der Waals surface area (Å²) in [5.41, 5.74) is 5.84. The fraction of sp³-hybridized carbons (Fsp3) is 0.867. The van der Waals surface area contributed by atoms with Gasteiger partial charge < -0.3 is 15.0 Å². The van der Waals surface area contributed by atoms with E-state index in [-0.39, 0.29) is 6.10 Å². The van der Waals surface area contributed by atoms with Crippen LogP contribution in [0.4, 0.5) is 0 Å². The van der Waals surface area contributed by atoms with Crippen molar-refractivity contribution in [2.75, 3.05) is 26.2 Å². The third-order valence-electron chi connectivity index (χ3n) is 4.85. The van der Waals surface area contributed by atoms with Gasteiger partial charge in [-0.1, -0.05) is 11.6 Å². The lowest BCUT2D eigenvalue weighted by molar-refractivity contribution is -0.0450. The van der Waals surface area contributed by atoms with E-state index >= 15 is 0 Å². The first-order chi connectivity index (χ1) is 10.2. The Labute approximate surface area is 126 Å². The van der Waals surface area contributed by atoms with Crippen molar-refractivity contribution < 1.29 is 9.26 Å². The number of hydrogen-bond acceptors (Lipinski definition) is 6. The maximum absolute atomic E-state index is 5.84. The van der Waals surface area contributed by atoms with Crippen LogP contribution in [-0.2, 0) is 4.74 Å². The number of aromatic nitrogens is 2. The van der Waals surface area contributed by atoms with E-state index in [1.165, 1.54) is 12.8 Å². The molecular weight excluding hydrogens is 268 g/mol. The van der Waals surface area contributed by atoms with Gasteiger partial charge >= 0.3 is 0 Å². The second kappa shape index (κ2) is 6.42. The molecule has 0 radical (unpaired) electrons. The summed E-state index contributed by atoms with van der Waals surface area (Å²) in [7, 11) is 0. The average Bonchev–Trinajstić information content (AvgIpc) is 3.15. The van der Waals surface area contributed by atoms with Crippen molar-refractivity contribution in [2.45, 2.75) is 51.2 Å². The van der Waals surface area contributed by atoms with Gasteiger partial charge in [0.05, 0.1) is 6.61 Å². The first-order valence-electron chi connectivity index (χ1n) is 8.08. The van der Waals surface area contributed by atoms with Crippen LogP contribution in [0.2, 0.25) is 0 Å². The fourth-order valence-corrected chi connectivity index (χ4v) is 3.47.